The number of carbonyl (C=O) groups excluding carboxylic acids is 4. The summed E-state index contributed by atoms with van der Waals surface area (Å²) in [6, 6.07) is 11.0. The SMILES string of the molecule is CCOC(=O)c1c(NC(=O)C(=O)N/N=C\c2ccc(OC(=O)c3ccc(Cl)cc3)c(OCC)c2)sc2c1CC[C@H](C)C2. The predicted molar refractivity (Wildman–Crippen MR) is 160 cm³/mol. The molecule has 42 heavy (non-hydrogen) atoms. The van der Waals surface area contributed by atoms with Gasteiger partial charge in [-0.3, -0.25) is 9.59 Å². The fraction of sp³-hybridized carbons (Fsp3) is 0.300. The highest BCUT2D eigenvalue weighted by molar-refractivity contribution is 7.17. The van der Waals surface area contributed by atoms with Gasteiger partial charge < -0.3 is 19.5 Å². The van der Waals surface area contributed by atoms with Gasteiger partial charge in [0.15, 0.2) is 11.5 Å². The molecule has 1 heterocycles. The van der Waals surface area contributed by atoms with Crippen molar-refractivity contribution >= 4 is 57.9 Å². The number of thiophene rings is 1. The highest BCUT2D eigenvalue weighted by Crippen LogP contribution is 2.40. The molecule has 0 unspecified atom stereocenters. The molecule has 0 saturated heterocycles. The minimum Gasteiger partial charge on any atom is -0.490 e. The van der Waals surface area contributed by atoms with Crippen molar-refractivity contribution in [3.63, 3.8) is 0 Å². The van der Waals surface area contributed by atoms with E-state index in [1.807, 2.05) is 0 Å². The first-order valence-corrected chi connectivity index (χ1v) is 14.6. The number of hydrogen-bond donors (Lipinski definition) is 2. The van der Waals surface area contributed by atoms with Crippen LogP contribution in [0.25, 0.3) is 0 Å². The lowest BCUT2D eigenvalue weighted by Gasteiger charge is -2.18. The molecule has 0 fully saturated rings. The van der Waals surface area contributed by atoms with Crippen LogP contribution >= 0.6 is 22.9 Å². The third kappa shape index (κ3) is 7.54. The zero-order valence-electron chi connectivity index (χ0n) is 23.3. The van der Waals surface area contributed by atoms with Gasteiger partial charge in [-0.05, 0) is 92.6 Å². The lowest BCUT2D eigenvalue weighted by Crippen LogP contribution is -2.32. The molecule has 1 atom stereocenters. The molecule has 0 bridgehead atoms. The smallest absolute Gasteiger partial charge is 0.343 e. The number of anilines is 1. The van der Waals surface area contributed by atoms with E-state index in [0.717, 1.165) is 23.3 Å². The number of esters is 2. The second-order valence-electron chi connectivity index (χ2n) is 9.47. The Morgan fingerprint density at radius 1 is 1.02 bits per heavy atom. The molecule has 0 radical (unpaired) electrons. The molecule has 0 saturated carbocycles. The van der Waals surface area contributed by atoms with Crippen LogP contribution in [0.4, 0.5) is 5.00 Å². The van der Waals surface area contributed by atoms with Gasteiger partial charge in [-0.25, -0.2) is 15.0 Å². The monoisotopic (exact) mass is 611 g/mol. The molecule has 0 spiro atoms. The number of amides is 2. The first-order chi connectivity index (χ1) is 20.2. The van der Waals surface area contributed by atoms with Crippen LogP contribution < -0.4 is 20.2 Å². The summed E-state index contributed by atoms with van der Waals surface area (Å²) >= 11 is 7.17. The molecule has 0 aliphatic heterocycles. The second-order valence-corrected chi connectivity index (χ2v) is 11.0. The van der Waals surface area contributed by atoms with Crippen LogP contribution in [-0.2, 0) is 27.2 Å². The zero-order valence-corrected chi connectivity index (χ0v) is 24.9. The Hall–Kier alpha value is -4.22. The molecule has 10 nitrogen and oxygen atoms in total. The number of nitrogens with zero attached hydrogens (tertiary/aromatic N) is 1. The Kier molecular flexibility index (Phi) is 10.3. The lowest BCUT2D eigenvalue weighted by atomic mass is 9.88. The summed E-state index contributed by atoms with van der Waals surface area (Å²) in [6.45, 7) is 6.12. The molecular weight excluding hydrogens is 582 g/mol. The van der Waals surface area contributed by atoms with E-state index in [4.69, 9.17) is 25.8 Å². The Morgan fingerprint density at radius 2 is 1.79 bits per heavy atom. The zero-order chi connectivity index (χ0) is 30.2. The van der Waals surface area contributed by atoms with Crippen molar-refractivity contribution in [3.8, 4) is 11.5 Å². The molecule has 2 aromatic carbocycles. The van der Waals surface area contributed by atoms with E-state index < -0.39 is 23.8 Å². The van der Waals surface area contributed by atoms with Crippen LogP contribution in [0.5, 0.6) is 11.5 Å². The summed E-state index contributed by atoms with van der Waals surface area (Å²) < 4.78 is 16.3. The van der Waals surface area contributed by atoms with Gasteiger partial charge in [-0.2, -0.15) is 5.10 Å². The number of fused-ring (bicyclic) bond motifs is 1. The number of rotatable bonds is 9. The highest BCUT2D eigenvalue weighted by Gasteiger charge is 2.30. The average Bonchev–Trinajstić information content (AvgIpc) is 3.31. The van der Waals surface area contributed by atoms with Crippen LogP contribution in [0.3, 0.4) is 0 Å². The van der Waals surface area contributed by atoms with Crippen molar-refractivity contribution in [2.75, 3.05) is 18.5 Å². The van der Waals surface area contributed by atoms with E-state index in [-0.39, 0.29) is 18.1 Å². The number of carbonyl (C=O) groups is 4. The normalized spacial score (nSPS) is 14.1. The quantitative estimate of drug-likeness (QED) is 0.109. The molecule has 4 rings (SSSR count). The Labute approximate surface area is 252 Å². The first kappa shape index (κ1) is 30.7. The van der Waals surface area contributed by atoms with Crippen molar-refractivity contribution < 1.29 is 33.4 Å². The first-order valence-electron chi connectivity index (χ1n) is 13.4. The van der Waals surface area contributed by atoms with Gasteiger partial charge in [0.1, 0.15) is 5.00 Å². The number of halogens is 1. The molecule has 12 heteroatoms. The minimum absolute atomic E-state index is 0.194. The van der Waals surface area contributed by atoms with E-state index in [0.29, 0.717) is 45.7 Å². The standard InChI is InChI=1S/C30H30ClN3O7S/c1-4-39-23-15-18(7-13-22(23)41-29(37)19-8-10-20(31)11-9-19)16-32-34-27(36)26(35)33-28-25(30(38)40-5-2)21-12-6-17(3)14-24(21)42-28/h7-11,13,15-17H,4-6,12,14H2,1-3H3,(H,33,35)(H,34,36)/b32-16-/t17-/m0/s1. The maximum Gasteiger partial charge on any atom is 0.343 e. The summed E-state index contributed by atoms with van der Waals surface area (Å²) in [5, 5.41) is 7.21. The molecule has 2 amide bonds. The van der Waals surface area contributed by atoms with E-state index in [1.54, 1.807) is 50.2 Å². The summed E-state index contributed by atoms with van der Waals surface area (Å²) in [6.07, 6.45) is 3.74. The number of ether oxygens (including phenoxy) is 3. The van der Waals surface area contributed by atoms with E-state index >= 15 is 0 Å². The van der Waals surface area contributed by atoms with Gasteiger partial charge in [0.05, 0.1) is 30.6 Å². The van der Waals surface area contributed by atoms with Crippen molar-refractivity contribution in [3.05, 3.63) is 74.6 Å². The van der Waals surface area contributed by atoms with Crippen molar-refractivity contribution in [1.29, 1.82) is 0 Å². The summed E-state index contributed by atoms with van der Waals surface area (Å²) in [5.74, 6) is -2.15. The van der Waals surface area contributed by atoms with Crippen molar-refractivity contribution in [2.45, 2.75) is 40.0 Å². The Balaban J connectivity index is 1.41. The molecule has 1 aromatic heterocycles. The van der Waals surface area contributed by atoms with E-state index in [2.05, 4.69) is 22.8 Å². The summed E-state index contributed by atoms with van der Waals surface area (Å²) in [7, 11) is 0. The van der Waals surface area contributed by atoms with Crippen LogP contribution in [0, 0.1) is 5.92 Å². The molecular formula is C30H30ClN3O7S. The largest absolute Gasteiger partial charge is 0.490 e. The Bertz CT molecular complexity index is 1520. The average molecular weight is 612 g/mol. The van der Waals surface area contributed by atoms with Crippen molar-refractivity contribution in [2.24, 2.45) is 11.0 Å². The molecule has 3 aromatic rings. The van der Waals surface area contributed by atoms with Gasteiger partial charge >= 0.3 is 23.8 Å². The fourth-order valence-electron chi connectivity index (χ4n) is 4.34. The van der Waals surface area contributed by atoms with Gasteiger partial charge in [-0.15, -0.1) is 11.3 Å². The number of nitrogens with one attached hydrogen (secondary N) is 2. The van der Waals surface area contributed by atoms with Gasteiger partial charge in [0.25, 0.3) is 0 Å². The van der Waals surface area contributed by atoms with Crippen LogP contribution in [0.1, 0.15) is 63.9 Å². The Morgan fingerprint density at radius 3 is 2.50 bits per heavy atom. The molecule has 220 valence electrons. The van der Waals surface area contributed by atoms with Crippen LogP contribution in [-0.4, -0.2) is 43.2 Å². The lowest BCUT2D eigenvalue weighted by molar-refractivity contribution is -0.136. The second kappa shape index (κ2) is 14.1. The molecule has 1 aliphatic carbocycles. The summed E-state index contributed by atoms with van der Waals surface area (Å²) in [5.41, 5.74) is 4.20. The highest BCUT2D eigenvalue weighted by atomic mass is 35.5. The van der Waals surface area contributed by atoms with Gasteiger partial charge in [0.2, 0.25) is 0 Å². The van der Waals surface area contributed by atoms with E-state index in [9.17, 15) is 19.2 Å². The predicted octanol–water partition coefficient (Wildman–Crippen LogP) is 5.41. The third-order valence-corrected chi connectivity index (χ3v) is 7.78. The number of hydrazone groups is 1. The summed E-state index contributed by atoms with van der Waals surface area (Å²) in [4.78, 5) is 51.4. The number of benzene rings is 2. The maximum absolute atomic E-state index is 12.7. The molecule has 2 N–H and O–H groups in total. The van der Waals surface area contributed by atoms with Crippen LogP contribution in [0.15, 0.2) is 47.6 Å². The van der Waals surface area contributed by atoms with Gasteiger partial charge in [0, 0.05) is 9.90 Å². The number of hydrogen-bond acceptors (Lipinski definition) is 9. The third-order valence-electron chi connectivity index (χ3n) is 6.35. The van der Waals surface area contributed by atoms with E-state index in [1.165, 1.54) is 23.6 Å². The topological polar surface area (TPSA) is 132 Å². The maximum atomic E-state index is 12.7. The fourth-order valence-corrected chi connectivity index (χ4v) is 5.86. The van der Waals surface area contributed by atoms with Crippen LogP contribution in [0.2, 0.25) is 5.02 Å². The molecule has 1 aliphatic rings. The van der Waals surface area contributed by atoms with Crippen molar-refractivity contribution in [1.82, 2.24) is 5.43 Å². The van der Waals surface area contributed by atoms with Gasteiger partial charge in [-0.1, -0.05) is 18.5 Å². The minimum atomic E-state index is -1.01.